The van der Waals surface area contributed by atoms with E-state index in [1.54, 1.807) is 11.0 Å². The summed E-state index contributed by atoms with van der Waals surface area (Å²) in [5.74, 6) is 0. The minimum Gasteiger partial charge on any atom is -0.309 e. The Bertz CT molecular complexity index is 476. The summed E-state index contributed by atoms with van der Waals surface area (Å²) in [7, 11) is 0. The molecule has 2 aromatic rings. The molecule has 1 heterocycles. The predicted molar refractivity (Wildman–Crippen MR) is 71.0 cm³/mol. The van der Waals surface area contributed by atoms with Gasteiger partial charge in [0.05, 0.1) is 17.6 Å². The van der Waals surface area contributed by atoms with Gasteiger partial charge in [-0.15, -0.1) is 0 Å². The largest absolute Gasteiger partial charge is 0.309 e. The van der Waals surface area contributed by atoms with Crippen LogP contribution in [0, 0.1) is 0 Å². The van der Waals surface area contributed by atoms with E-state index in [1.807, 2.05) is 24.3 Å². The Morgan fingerprint density at radius 1 is 1.29 bits per heavy atom. The number of rotatable bonds is 4. The average Bonchev–Trinajstić information content (AvgIpc) is 2.76. The lowest BCUT2D eigenvalue weighted by Crippen LogP contribution is -2.22. The molecule has 0 fully saturated rings. The molecule has 4 nitrogen and oxygen atoms in total. The number of hydrogen-bond donors (Lipinski definition) is 1. The summed E-state index contributed by atoms with van der Waals surface area (Å²) < 4.78 is 1.05. The molecule has 0 bridgehead atoms. The second kappa shape index (κ2) is 5.42. The number of aromatic nitrogens is 3. The minimum atomic E-state index is 0.452. The highest BCUT2D eigenvalue weighted by atomic mass is 79.9. The van der Waals surface area contributed by atoms with Gasteiger partial charge in [-0.2, -0.15) is 15.0 Å². The van der Waals surface area contributed by atoms with E-state index in [-0.39, 0.29) is 0 Å². The van der Waals surface area contributed by atoms with Gasteiger partial charge in [-0.3, -0.25) is 0 Å². The zero-order valence-corrected chi connectivity index (χ0v) is 11.5. The highest BCUT2D eigenvalue weighted by Crippen LogP contribution is 2.12. The summed E-state index contributed by atoms with van der Waals surface area (Å²) in [4.78, 5) is 1.64. The van der Waals surface area contributed by atoms with Crippen LogP contribution in [0.4, 0.5) is 0 Å². The summed E-state index contributed by atoms with van der Waals surface area (Å²) in [5.41, 5.74) is 1.91. The van der Waals surface area contributed by atoms with Crippen LogP contribution in [0.1, 0.15) is 19.5 Å². The van der Waals surface area contributed by atoms with Gasteiger partial charge in [0.2, 0.25) is 0 Å². The van der Waals surface area contributed by atoms with Crippen LogP contribution in [0.5, 0.6) is 0 Å². The first-order chi connectivity index (χ1) is 8.15. The number of benzene rings is 1. The van der Waals surface area contributed by atoms with Crippen molar-refractivity contribution in [1.82, 2.24) is 20.3 Å². The molecule has 0 saturated heterocycles. The Balaban J connectivity index is 2.10. The van der Waals surface area contributed by atoms with E-state index in [4.69, 9.17) is 0 Å². The predicted octanol–water partition coefficient (Wildman–Crippen LogP) is 2.53. The molecule has 0 aliphatic heterocycles. The maximum absolute atomic E-state index is 4.41. The Labute approximate surface area is 109 Å². The summed E-state index contributed by atoms with van der Waals surface area (Å²) in [6.07, 6.45) is 1.79. The van der Waals surface area contributed by atoms with Gasteiger partial charge in [-0.05, 0) is 24.3 Å². The molecule has 1 aromatic heterocycles. The van der Waals surface area contributed by atoms with Crippen LogP contribution >= 0.6 is 15.9 Å². The van der Waals surface area contributed by atoms with Gasteiger partial charge >= 0.3 is 0 Å². The third-order valence-corrected chi connectivity index (χ3v) is 2.82. The van der Waals surface area contributed by atoms with Crippen molar-refractivity contribution in [2.75, 3.05) is 0 Å². The fourth-order valence-electron chi connectivity index (χ4n) is 1.38. The molecule has 0 radical (unpaired) electrons. The molecule has 0 aliphatic rings. The standard InChI is InChI=1S/C12H15BrN4/c1-9(2)14-7-11-8-15-17(16-11)12-5-3-10(13)4-6-12/h3-6,8-9,14H,7H2,1-2H3. The maximum atomic E-state index is 4.41. The minimum absolute atomic E-state index is 0.452. The van der Waals surface area contributed by atoms with E-state index in [9.17, 15) is 0 Å². The number of nitrogens with zero attached hydrogens (tertiary/aromatic N) is 3. The van der Waals surface area contributed by atoms with Crippen molar-refractivity contribution in [2.45, 2.75) is 26.4 Å². The summed E-state index contributed by atoms with van der Waals surface area (Å²) >= 11 is 3.40. The summed E-state index contributed by atoms with van der Waals surface area (Å²) in [6.45, 7) is 4.96. The Morgan fingerprint density at radius 2 is 2.00 bits per heavy atom. The SMILES string of the molecule is CC(C)NCc1cnn(-c2ccc(Br)cc2)n1. The zero-order chi connectivity index (χ0) is 12.3. The molecule has 0 spiro atoms. The van der Waals surface area contributed by atoms with Gasteiger partial charge in [-0.25, -0.2) is 0 Å². The molecule has 0 saturated carbocycles. The van der Waals surface area contributed by atoms with Crippen molar-refractivity contribution in [3.05, 3.63) is 40.6 Å². The van der Waals surface area contributed by atoms with Crippen LogP contribution in [0.3, 0.4) is 0 Å². The van der Waals surface area contributed by atoms with Gasteiger partial charge in [0.15, 0.2) is 0 Å². The topological polar surface area (TPSA) is 42.7 Å². The number of nitrogens with one attached hydrogen (secondary N) is 1. The summed E-state index contributed by atoms with van der Waals surface area (Å²) in [6, 6.07) is 8.36. The van der Waals surface area contributed by atoms with Crippen LogP contribution in [0.2, 0.25) is 0 Å². The van der Waals surface area contributed by atoms with Gasteiger partial charge in [0.25, 0.3) is 0 Å². The van der Waals surface area contributed by atoms with E-state index in [1.165, 1.54) is 0 Å². The first kappa shape index (κ1) is 12.3. The number of halogens is 1. The number of hydrogen-bond acceptors (Lipinski definition) is 3. The van der Waals surface area contributed by atoms with Crippen molar-refractivity contribution in [3.63, 3.8) is 0 Å². The lowest BCUT2D eigenvalue weighted by molar-refractivity contribution is 0.577. The highest BCUT2D eigenvalue weighted by Gasteiger charge is 2.03. The third kappa shape index (κ3) is 3.38. The van der Waals surface area contributed by atoms with Crippen molar-refractivity contribution in [1.29, 1.82) is 0 Å². The van der Waals surface area contributed by atoms with Crippen molar-refractivity contribution in [3.8, 4) is 5.69 Å². The molecule has 1 N–H and O–H groups in total. The average molecular weight is 295 g/mol. The zero-order valence-electron chi connectivity index (χ0n) is 9.89. The monoisotopic (exact) mass is 294 g/mol. The van der Waals surface area contributed by atoms with Crippen molar-refractivity contribution >= 4 is 15.9 Å². The lowest BCUT2D eigenvalue weighted by atomic mass is 10.3. The van der Waals surface area contributed by atoms with Crippen LogP contribution in [0.25, 0.3) is 5.69 Å². The molecule has 0 aliphatic carbocycles. The molecular weight excluding hydrogens is 280 g/mol. The smallest absolute Gasteiger partial charge is 0.0969 e. The van der Waals surface area contributed by atoms with Gasteiger partial charge in [0.1, 0.15) is 0 Å². The third-order valence-electron chi connectivity index (χ3n) is 2.29. The Morgan fingerprint density at radius 3 is 2.65 bits per heavy atom. The molecule has 1 aromatic carbocycles. The first-order valence-corrected chi connectivity index (χ1v) is 6.35. The van der Waals surface area contributed by atoms with Crippen molar-refractivity contribution < 1.29 is 0 Å². The van der Waals surface area contributed by atoms with E-state index < -0.39 is 0 Å². The Hall–Kier alpha value is -1.20. The molecule has 0 unspecified atom stereocenters. The van der Waals surface area contributed by atoms with Crippen LogP contribution in [0.15, 0.2) is 34.9 Å². The van der Waals surface area contributed by atoms with Gasteiger partial charge < -0.3 is 5.32 Å². The highest BCUT2D eigenvalue weighted by molar-refractivity contribution is 9.10. The molecule has 2 rings (SSSR count). The summed E-state index contributed by atoms with van der Waals surface area (Å²) in [5, 5.41) is 12.0. The quantitative estimate of drug-likeness (QED) is 0.942. The molecule has 5 heteroatoms. The molecule has 0 amide bonds. The fraction of sp³-hybridized carbons (Fsp3) is 0.333. The second-order valence-electron chi connectivity index (χ2n) is 4.14. The van der Waals surface area contributed by atoms with E-state index >= 15 is 0 Å². The van der Waals surface area contributed by atoms with E-state index in [0.29, 0.717) is 6.04 Å². The Kier molecular flexibility index (Phi) is 3.91. The first-order valence-electron chi connectivity index (χ1n) is 5.55. The van der Waals surface area contributed by atoms with Gasteiger partial charge in [0, 0.05) is 17.1 Å². The maximum Gasteiger partial charge on any atom is 0.0969 e. The molecule has 17 heavy (non-hydrogen) atoms. The van der Waals surface area contributed by atoms with Crippen LogP contribution in [-0.4, -0.2) is 21.0 Å². The molecular formula is C12H15BrN4. The van der Waals surface area contributed by atoms with E-state index in [0.717, 1.165) is 22.4 Å². The van der Waals surface area contributed by atoms with Gasteiger partial charge in [-0.1, -0.05) is 29.8 Å². The molecule has 90 valence electrons. The van der Waals surface area contributed by atoms with Crippen LogP contribution in [-0.2, 0) is 6.54 Å². The normalized spacial score (nSPS) is 11.1. The lowest BCUT2D eigenvalue weighted by Gasteiger charge is -2.04. The van der Waals surface area contributed by atoms with E-state index in [2.05, 4.69) is 45.3 Å². The second-order valence-corrected chi connectivity index (χ2v) is 5.05. The van der Waals surface area contributed by atoms with Crippen molar-refractivity contribution in [2.24, 2.45) is 0 Å². The fourth-order valence-corrected chi connectivity index (χ4v) is 1.65. The molecule has 0 atom stereocenters. The van der Waals surface area contributed by atoms with Crippen LogP contribution < -0.4 is 5.32 Å².